The Kier molecular flexibility index (Phi) is 4.04. The molecule has 3 atom stereocenters. The summed E-state index contributed by atoms with van der Waals surface area (Å²) in [5.41, 5.74) is 0.755. The van der Waals surface area contributed by atoms with Crippen LogP contribution in [0, 0.1) is 16.7 Å². The molecule has 2 aliphatic rings. The van der Waals surface area contributed by atoms with Gasteiger partial charge >= 0.3 is 0 Å². The minimum Gasteiger partial charge on any atom is -0.326 e. The van der Waals surface area contributed by atoms with E-state index in [0.29, 0.717) is 11.6 Å². The summed E-state index contributed by atoms with van der Waals surface area (Å²) in [6.07, 6.45) is 3.17. The van der Waals surface area contributed by atoms with Gasteiger partial charge in [0.15, 0.2) is 0 Å². The molecule has 5 nitrogen and oxygen atoms in total. The van der Waals surface area contributed by atoms with Crippen LogP contribution in [-0.4, -0.2) is 20.4 Å². The van der Waals surface area contributed by atoms with Gasteiger partial charge in [0.2, 0.25) is 15.9 Å². The van der Waals surface area contributed by atoms with Gasteiger partial charge in [0, 0.05) is 18.7 Å². The molecule has 2 fully saturated rings. The zero-order valence-electron chi connectivity index (χ0n) is 14.7. The molecule has 3 rings (SSSR count). The molecule has 0 saturated heterocycles. The van der Waals surface area contributed by atoms with Crippen LogP contribution in [0.1, 0.15) is 47.0 Å². The third kappa shape index (κ3) is 2.65. The molecule has 2 N–H and O–H groups in total. The van der Waals surface area contributed by atoms with Crippen LogP contribution in [0.15, 0.2) is 29.2 Å². The first-order chi connectivity index (χ1) is 11.1. The average molecular weight is 350 g/mol. The zero-order valence-corrected chi connectivity index (χ0v) is 15.5. The van der Waals surface area contributed by atoms with Gasteiger partial charge in [-0.3, -0.25) is 4.79 Å². The predicted molar refractivity (Wildman–Crippen MR) is 94.1 cm³/mol. The van der Waals surface area contributed by atoms with E-state index in [1.54, 1.807) is 12.1 Å². The minimum absolute atomic E-state index is 0.000856. The van der Waals surface area contributed by atoms with Crippen LogP contribution in [0.5, 0.6) is 0 Å². The first-order valence-electron chi connectivity index (χ1n) is 8.46. The van der Waals surface area contributed by atoms with E-state index >= 15 is 0 Å². The van der Waals surface area contributed by atoms with Gasteiger partial charge in [-0.25, -0.2) is 13.1 Å². The number of amides is 1. The second-order valence-electron chi connectivity index (χ2n) is 7.99. The van der Waals surface area contributed by atoms with Gasteiger partial charge in [-0.15, -0.1) is 0 Å². The Balaban J connectivity index is 1.79. The van der Waals surface area contributed by atoms with Crippen LogP contribution < -0.4 is 10.0 Å². The lowest BCUT2D eigenvalue weighted by Crippen LogP contribution is -2.46. The largest absolute Gasteiger partial charge is 0.326 e. The van der Waals surface area contributed by atoms with Gasteiger partial charge < -0.3 is 5.32 Å². The molecule has 2 saturated carbocycles. The molecule has 1 aromatic carbocycles. The first kappa shape index (κ1) is 17.4. The van der Waals surface area contributed by atoms with Gasteiger partial charge in [0.25, 0.3) is 0 Å². The summed E-state index contributed by atoms with van der Waals surface area (Å²) in [6.45, 7) is 8.17. The van der Waals surface area contributed by atoms with E-state index in [-0.39, 0.29) is 27.7 Å². The number of hydrogen-bond acceptors (Lipinski definition) is 3. The summed E-state index contributed by atoms with van der Waals surface area (Å²) >= 11 is 0. The van der Waals surface area contributed by atoms with Crippen molar-refractivity contribution in [2.45, 2.75) is 57.9 Å². The zero-order chi connectivity index (χ0) is 17.8. The van der Waals surface area contributed by atoms with Crippen LogP contribution in [0.2, 0.25) is 0 Å². The Morgan fingerprint density at radius 3 is 2.25 bits per heavy atom. The lowest BCUT2D eigenvalue weighted by atomic mass is 9.69. The first-order valence-corrected chi connectivity index (χ1v) is 9.94. The Morgan fingerprint density at radius 2 is 1.79 bits per heavy atom. The summed E-state index contributed by atoms with van der Waals surface area (Å²) in [5, 5.41) is 2.64. The van der Waals surface area contributed by atoms with E-state index < -0.39 is 10.0 Å². The van der Waals surface area contributed by atoms with E-state index in [4.69, 9.17) is 0 Å². The topological polar surface area (TPSA) is 75.3 Å². The maximum Gasteiger partial charge on any atom is 0.240 e. The summed E-state index contributed by atoms with van der Waals surface area (Å²) in [4.78, 5) is 11.3. The predicted octanol–water partition coefficient (Wildman–Crippen LogP) is 3.14. The lowest BCUT2D eigenvalue weighted by molar-refractivity contribution is -0.114. The highest BCUT2D eigenvalue weighted by atomic mass is 32.2. The normalized spacial score (nSPS) is 31.2. The molecule has 1 amide bonds. The van der Waals surface area contributed by atoms with Crippen LogP contribution in [0.3, 0.4) is 0 Å². The number of anilines is 1. The van der Waals surface area contributed by atoms with Crippen LogP contribution in [0.25, 0.3) is 0 Å². The fraction of sp³-hybridized carbons (Fsp3) is 0.611. The second-order valence-corrected chi connectivity index (χ2v) is 9.70. The Bertz CT molecular complexity index is 755. The monoisotopic (exact) mass is 350 g/mol. The molecular weight excluding hydrogens is 324 g/mol. The fourth-order valence-corrected chi connectivity index (χ4v) is 5.92. The molecule has 0 aliphatic heterocycles. The summed E-state index contributed by atoms with van der Waals surface area (Å²) in [5.74, 6) is 0.401. The Labute approximate surface area is 144 Å². The molecule has 0 heterocycles. The third-order valence-electron chi connectivity index (χ3n) is 6.58. The van der Waals surface area contributed by atoms with Crippen LogP contribution >= 0.6 is 0 Å². The van der Waals surface area contributed by atoms with Crippen LogP contribution in [-0.2, 0) is 14.8 Å². The van der Waals surface area contributed by atoms with Gasteiger partial charge in [0.05, 0.1) is 4.90 Å². The highest BCUT2D eigenvalue weighted by Gasteiger charge is 2.61. The number of sulfonamides is 1. The molecule has 0 radical (unpaired) electrons. The van der Waals surface area contributed by atoms with Crippen molar-refractivity contribution in [1.82, 2.24) is 4.72 Å². The van der Waals surface area contributed by atoms with Crippen molar-refractivity contribution in [3.8, 4) is 0 Å². The standard InChI is InChI=1S/C18H26N2O3S/c1-12(21)19-14-5-7-15(8-6-14)24(22,23)20-16-11-13-9-10-18(16,4)17(13,2)3/h5-8,13,16,20H,9-11H2,1-4H3,(H,19,21)/t13-,16+,18-/m0/s1. The molecule has 132 valence electrons. The number of carbonyl (C=O) groups is 1. The number of nitrogens with one attached hydrogen (secondary N) is 2. The third-order valence-corrected chi connectivity index (χ3v) is 8.06. The number of fused-ring (bicyclic) bond motifs is 2. The Morgan fingerprint density at radius 1 is 1.17 bits per heavy atom. The fourth-order valence-electron chi connectivity index (χ4n) is 4.56. The number of benzene rings is 1. The molecule has 0 spiro atoms. The highest BCUT2D eigenvalue weighted by Crippen LogP contribution is 2.65. The molecule has 6 heteroatoms. The molecule has 2 aliphatic carbocycles. The van der Waals surface area contributed by atoms with Crippen molar-refractivity contribution in [2.24, 2.45) is 16.7 Å². The van der Waals surface area contributed by atoms with E-state index in [9.17, 15) is 13.2 Å². The van der Waals surface area contributed by atoms with E-state index in [2.05, 4.69) is 30.8 Å². The van der Waals surface area contributed by atoms with Crippen molar-refractivity contribution < 1.29 is 13.2 Å². The number of carbonyl (C=O) groups excluding carboxylic acids is 1. The molecule has 0 unspecified atom stereocenters. The number of hydrogen-bond donors (Lipinski definition) is 2. The van der Waals surface area contributed by atoms with Crippen molar-refractivity contribution in [3.63, 3.8) is 0 Å². The smallest absolute Gasteiger partial charge is 0.240 e. The molecular formula is C18H26N2O3S. The van der Waals surface area contributed by atoms with Crippen molar-refractivity contribution in [3.05, 3.63) is 24.3 Å². The van der Waals surface area contributed by atoms with Crippen LogP contribution in [0.4, 0.5) is 5.69 Å². The van der Waals surface area contributed by atoms with E-state index in [1.165, 1.54) is 25.5 Å². The van der Waals surface area contributed by atoms with E-state index in [1.807, 2.05) is 0 Å². The Hall–Kier alpha value is -1.40. The molecule has 2 bridgehead atoms. The quantitative estimate of drug-likeness (QED) is 0.876. The van der Waals surface area contributed by atoms with Gasteiger partial charge in [0.1, 0.15) is 0 Å². The number of rotatable bonds is 4. The molecule has 0 aromatic heterocycles. The average Bonchev–Trinajstić information content (AvgIpc) is 2.80. The highest BCUT2D eigenvalue weighted by molar-refractivity contribution is 7.89. The van der Waals surface area contributed by atoms with Gasteiger partial charge in [-0.1, -0.05) is 20.8 Å². The summed E-state index contributed by atoms with van der Waals surface area (Å²) in [7, 11) is -3.56. The molecule has 24 heavy (non-hydrogen) atoms. The summed E-state index contributed by atoms with van der Waals surface area (Å²) < 4.78 is 28.4. The van der Waals surface area contributed by atoms with Gasteiger partial charge in [-0.05, 0) is 60.3 Å². The maximum atomic E-state index is 12.8. The van der Waals surface area contributed by atoms with E-state index in [0.717, 1.165) is 12.8 Å². The van der Waals surface area contributed by atoms with Gasteiger partial charge in [-0.2, -0.15) is 0 Å². The van der Waals surface area contributed by atoms with Crippen molar-refractivity contribution in [2.75, 3.05) is 5.32 Å². The molecule has 1 aromatic rings. The lowest BCUT2D eigenvalue weighted by Gasteiger charge is -2.39. The minimum atomic E-state index is -3.56. The van der Waals surface area contributed by atoms with Crippen molar-refractivity contribution >= 4 is 21.6 Å². The SMILES string of the molecule is CC(=O)Nc1ccc(S(=O)(=O)N[C@@H]2C[C@@H]3CC[C@]2(C)C3(C)C)cc1. The maximum absolute atomic E-state index is 12.8. The van der Waals surface area contributed by atoms with Crippen molar-refractivity contribution in [1.29, 1.82) is 0 Å². The summed E-state index contributed by atoms with van der Waals surface area (Å²) in [6, 6.07) is 6.28. The second kappa shape index (κ2) is 5.56.